The number of hydrogen-bond acceptors (Lipinski definition) is 4. The van der Waals surface area contributed by atoms with E-state index in [4.69, 9.17) is 9.56 Å². The van der Waals surface area contributed by atoms with Gasteiger partial charge in [0.15, 0.2) is 0 Å². The van der Waals surface area contributed by atoms with Gasteiger partial charge in [-0.1, -0.05) is 12.1 Å². The summed E-state index contributed by atoms with van der Waals surface area (Å²) in [5.41, 5.74) is 1.32. The molecule has 2 rings (SSSR count). The van der Waals surface area contributed by atoms with Gasteiger partial charge in [0.05, 0.1) is 22.8 Å². The summed E-state index contributed by atoms with van der Waals surface area (Å²) in [6.07, 6.45) is 1.47. The first-order valence-corrected chi connectivity index (χ1v) is 8.20. The summed E-state index contributed by atoms with van der Waals surface area (Å²) in [5.74, 6) is 0.405. The first kappa shape index (κ1) is 16.3. The van der Waals surface area contributed by atoms with Crippen molar-refractivity contribution in [2.24, 2.45) is 5.14 Å². The summed E-state index contributed by atoms with van der Waals surface area (Å²) in [5, 5.41) is 5.07. The van der Waals surface area contributed by atoms with Crippen molar-refractivity contribution in [3.63, 3.8) is 0 Å². The number of sulfonamides is 1. The van der Waals surface area contributed by atoms with Crippen LogP contribution in [0.5, 0.6) is 0 Å². The van der Waals surface area contributed by atoms with Crippen LogP contribution >= 0.6 is 0 Å². The van der Waals surface area contributed by atoms with Crippen LogP contribution in [-0.2, 0) is 10.0 Å². The fourth-order valence-corrected chi connectivity index (χ4v) is 2.65. The van der Waals surface area contributed by atoms with E-state index in [2.05, 4.69) is 0 Å². The number of aryl methyl sites for hydroxylation is 1. The third-order valence-corrected chi connectivity index (χ3v) is 4.61. The molecule has 0 spiro atoms. The molecule has 1 aromatic heterocycles. The minimum Gasteiger partial charge on any atom is -0.469 e. The van der Waals surface area contributed by atoms with Crippen molar-refractivity contribution in [3.05, 3.63) is 53.5 Å². The quantitative estimate of drug-likeness (QED) is 0.932. The van der Waals surface area contributed by atoms with Crippen LogP contribution in [0.25, 0.3) is 0 Å². The molecule has 2 N–H and O–H groups in total. The van der Waals surface area contributed by atoms with Crippen LogP contribution in [0.4, 0.5) is 0 Å². The lowest BCUT2D eigenvalue weighted by Crippen LogP contribution is -2.29. The Morgan fingerprint density at radius 1 is 1.23 bits per heavy atom. The van der Waals surface area contributed by atoms with Crippen molar-refractivity contribution >= 4 is 15.9 Å². The number of furan rings is 1. The maximum absolute atomic E-state index is 12.4. The molecule has 2 aromatic rings. The van der Waals surface area contributed by atoms with Gasteiger partial charge in [0, 0.05) is 7.05 Å². The predicted molar refractivity (Wildman–Crippen MR) is 81.8 cm³/mol. The first-order chi connectivity index (χ1) is 10.2. The topological polar surface area (TPSA) is 93.6 Å². The zero-order valence-electron chi connectivity index (χ0n) is 12.6. The Bertz CT molecular complexity index is 778. The molecule has 0 aliphatic heterocycles. The van der Waals surface area contributed by atoms with Crippen LogP contribution in [0.2, 0.25) is 0 Å². The zero-order valence-corrected chi connectivity index (χ0v) is 13.4. The molecule has 1 heterocycles. The second-order valence-electron chi connectivity index (χ2n) is 5.10. The van der Waals surface area contributed by atoms with Gasteiger partial charge < -0.3 is 9.32 Å². The average molecular weight is 322 g/mol. The van der Waals surface area contributed by atoms with E-state index in [1.165, 1.54) is 18.4 Å². The normalized spacial score (nSPS) is 12.9. The number of nitrogens with two attached hydrogens (primary N) is 1. The molecule has 1 unspecified atom stereocenters. The first-order valence-electron chi connectivity index (χ1n) is 6.66. The summed E-state index contributed by atoms with van der Waals surface area (Å²) < 4.78 is 27.7. The number of amides is 1. The van der Waals surface area contributed by atoms with Gasteiger partial charge in [-0.3, -0.25) is 4.79 Å². The number of carbonyl (C=O) groups excluding carboxylic acids is 1. The number of nitrogens with zero attached hydrogens (tertiary/aromatic N) is 1. The Morgan fingerprint density at radius 2 is 1.82 bits per heavy atom. The second-order valence-corrected chi connectivity index (χ2v) is 6.66. The highest BCUT2D eigenvalue weighted by molar-refractivity contribution is 7.89. The van der Waals surface area contributed by atoms with E-state index in [1.807, 2.05) is 6.92 Å². The standard InChI is InChI=1S/C15H18N2O4S/c1-10(12-4-6-13(7-5-12)22(16,19)20)17(3)15(18)14-8-9-21-11(14)2/h4-10H,1-3H3,(H2,16,19,20). The van der Waals surface area contributed by atoms with E-state index < -0.39 is 10.0 Å². The van der Waals surface area contributed by atoms with Gasteiger partial charge in [-0.05, 0) is 37.6 Å². The van der Waals surface area contributed by atoms with E-state index in [1.54, 1.807) is 37.1 Å². The summed E-state index contributed by atoms with van der Waals surface area (Å²) in [7, 11) is -2.03. The fourth-order valence-electron chi connectivity index (χ4n) is 2.13. The molecule has 22 heavy (non-hydrogen) atoms. The maximum atomic E-state index is 12.4. The molecule has 0 saturated carbocycles. The number of primary sulfonamides is 1. The fraction of sp³-hybridized carbons (Fsp3) is 0.267. The van der Waals surface area contributed by atoms with E-state index in [0.717, 1.165) is 5.56 Å². The highest BCUT2D eigenvalue weighted by Gasteiger charge is 2.22. The smallest absolute Gasteiger partial charge is 0.257 e. The minimum absolute atomic E-state index is 0.0445. The van der Waals surface area contributed by atoms with E-state index in [-0.39, 0.29) is 16.8 Å². The largest absolute Gasteiger partial charge is 0.469 e. The Balaban J connectivity index is 2.22. The molecule has 0 aliphatic rings. The van der Waals surface area contributed by atoms with Crippen molar-refractivity contribution in [1.82, 2.24) is 4.90 Å². The van der Waals surface area contributed by atoms with Crippen molar-refractivity contribution in [2.75, 3.05) is 7.05 Å². The predicted octanol–water partition coefficient (Wildman–Crippen LogP) is 2.07. The summed E-state index contributed by atoms with van der Waals surface area (Å²) in [4.78, 5) is 14.0. The number of hydrogen-bond donors (Lipinski definition) is 1. The highest BCUT2D eigenvalue weighted by Crippen LogP contribution is 2.23. The number of benzene rings is 1. The average Bonchev–Trinajstić information content (AvgIpc) is 2.90. The molecular weight excluding hydrogens is 304 g/mol. The minimum atomic E-state index is -3.72. The molecule has 0 radical (unpaired) electrons. The molecule has 6 nitrogen and oxygen atoms in total. The van der Waals surface area contributed by atoms with Gasteiger partial charge in [-0.25, -0.2) is 13.6 Å². The molecular formula is C15H18N2O4S. The molecule has 1 amide bonds. The van der Waals surface area contributed by atoms with Crippen LogP contribution in [0, 0.1) is 6.92 Å². The highest BCUT2D eigenvalue weighted by atomic mass is 32.2. The number of rotatable bonds is 4. The van der Waals surface area contributed by atoms with Crippen LogP contribution in [-0.4, -0.2) is 26.3 Å². The summed E-state index contributed by atoms with van der Waals surface area (Å²) in [6.45, 7) is 3.59. The lowest BCUT2D eigenvalue weighted by atomic mass is 10.1. The maximum Gasteiger partial charge on any atom is 0.257 e. The Hall–Kier alpha value is -2.12. The van der Waals surface area contributed by atoms with Crippen LogP contribution in [0.1, 0.15) is 34.6 Å². The molecule has 0 fully saturated rings. The van der Waals surface area contributed by atoms with Gasteiger partial charge in [0.2, 0.25) is 10.0 Å². The number of carbonyl (C=O) groups is 1. The molecule has 0 aliphatic carbocycles. The lowest BCUT2D eigenvalue weighted by molar-refractivity contribution is 0.0741. The Kier molecular flexibility index (Phi) is 4.39. The van der Waals surface area contributed by atoms with E-state index in [9.17, 15) is 13.2 Å². The van der Waals surface area contributed by atoms with Gasteiger partial charge in [-0.15, -0.1) is 0 Å². The monoisotopic (exact) mass is 322 g/mol. The summed E-state index contributed by atoms with van der Waals surface area (Å²) in [6, 6.07) is 7.57. The molecule has 0 bridgehead atoms. The zero-order chi connectivity index (χ0) is 16.5. The van der Waals surface area contributed by atoms with Crippen molar-refractivity contribution in [1.29, 1.82) is 0 Å². The molecule has 0 saturated heterocycles. The third kappa shape index (κ3) is 3.20. The summed E-state index contributed by atoms with van der Waals surface area (Å²) >= 11 is 0. The Morgan fingerprint density at radius 3 is 2.27 bits per heavy atom. The van der Waals surface area contributed by atoms with Crippen LogP contribution in [0.3, 0.4) is 0 Å². The molecule has 118 valence electrons. The van der Waals surface area contributed by atoms with Gasteiger partial charge in [-0.2, -0.15) is 0 Å². The van der Waals surface area contributed by atoms with Gasteiger partial charge in [0.1, 0.15) is 5.76 Å². The van der Waals surface area contributed by atoms with Crippen LogP contribution in [0.15, 0.2) is 45.9 Å². The van der Waals surface area contributed by atoms with Crippen LogP contribution < -0.4 is 5.14 Å². The Labute approximate surface area is 129 Å². The SMILES string of the molecule is Cc1occc1C(=O)N(C)C(C)c1ccc(S(N)(=O)=O)cc1. The van der Waals surface area contributed by atoms with Gasteiger partial charge >= 0.3 is 0 Å². The van der Waals surface area contributed by atoms with Gasteiger partial charge in [0.25, 0.3) is 5.91 Å². The lowest BCUT2D eigenvalue weighted by Gasteiger charge is -2.25. The van der Waals surface area contributed by atoms with E-state index in [0.29, 0.717) is 11.3 Å². The van der Waals surface area contributed by atoms with Crippen molar-refractivity contribution < 1.29 is 17.6 Å². The van der Waals surface area contributed by atoms with E-state index >= 15 is 0 Å². The van der Waals surface area contributed by atoms with Crippen molar-refractivity contribution in [3.8, 4) is 0 Å². The molecule has 1 atom stereocenters. The molecule has 7 heteroatoms. The third-order valence-electron chi connectivity index (χ3n) is 3.68. The second kappa shape index (κ2) is 5.94. The van der Waals surface area contributed by atoms with Crippen molar-refractivity contribution in [2.45, 2.75) is 24.8 Å². The molecule has 1 aromatic carbocycles.